The first-order valence-corrected chi connectivity index (χ1v) is 8.45. The van der Waals surface area contributed by atoms with Gasteiger partial charge in [-0.2, -0.15) is 0 Å². The first-order chi connectivity index (χ1) is 12.5. The van der Waals surface area contributed by atoms with Gasteiger partial charge in [0.25, 0.3) is 11.8 Å². The zero-order valence-electron chi connectivity index (χ0n) is 14.5. The molecule has 1 atom stereocenters. The predicted molar refractivity (Wildman–Crippen MR) is 90.7 cm³/mol. The molecule has 134 valence electrons. The molecule has 0 spiro atoms. The van der Waals surface area contributed by atoms with E-state index in [0.29, 0.717) is 23.8 Å². The maximum Gasteiger partial charge on any atom is 0.365 e. The third kappa shape index (κ3) is 2.43. The summed E-state index contributed by atoms with van der Waals surface area (Å²) in [5, 5.41) is 0.539. The number of nitrogens with zero attached hydrogens (tertiary/aromatic N) is 2. The fourth-order valence-corrected chi connectivity index (χ4v) is 3.65. The molecule has 3 heterocycles. The van der Waals surface area contributed by atoms with Crippen LogP contribution in [0.1, 0.15) is 54.9 Å². The van der Waals surface area contributed by atoms with Gasteiger partial charge in [0.1, 0.15) is 0 Å². The van der Waals surface area contributed by atoms with Crippen LogP contribution in [0.4, 0.5) is 0 Å². The maximum atomic E-state index is 12.6. The van der Waals surface area contributed by atoms with E-state index in [4.69, 9.17) is 9.57 Å². The summed E-state index contributed by atoms with van der Waals surface area (Å²) in [5.74, 6) is -1.98. The van der Waals surface area contributed by atoms with Gasteiger partial charge in [0.05, 0.1) is 29.3 Å². The molecule has 7 heteroatoms. The molecule has 0 N–H and O–H groups in total. The molecule has 1 aromatic heterocycles. The van der Waals surface area contributed by atoms with Gasteiger partial charge in [0, 0.05) is 18.0 Å². The van der Waals surface area contributed by atoms with Crippen molar-refractivity contribution in [1.29, 1.82) is 0 Å². The number of rotatable bonds is 3. The van der Waals surface area contributed by atoms with Crippen LogP contribution in [-0.2, 0) is 9.57 Å². The number of fused-ring (bicyclic) bond motifs is 1. The standard InChI is InChI=1S/C19H18N2O5/c1-11-9-16(12(2)20(11)13-7-8-25-10-13)19(24)26-21-17(22)14-5-3-4-6-15(14)18(21)23/h3-6,9,13H,7-8,10H2,1-2H3. The van der Waals surface area contributed by atoms with Crippen LogP contribution in [0, 0.1) is 13.8 Å². The predicted octanol–water partition coefficient (Wildman–Crippen LogP) is 2.43. The van der Waals surface area contributed by atoms with E-state index in [0.717, 1.165) is 17.8 Å². The zero-order valence-corrected chi connectivity index (χ0v) is 14.5. The van der Waals surface area contributed by atoms with Crippen LogP contribution < -0.4 is 0 Å². The number of ether oxygens (including phenoxy) is 1. The largest absolute Gasteiger partial charge is 0.379 e. The number of benzene rings is 1. The van der Waals surface area contributed by atoms with E-state index in [1.54, 1.807) is 18.2 Å². The Balaban J connectivity index is 1.59. The van der Waals surface area contributed by atoms with Gasteiger partial charge in [-0.05, 0) is 38.5 Å². The molecule has 7 nitrogen and oxygen atoms in total. The summed E-state index contributed by atoms with van der Waals surface area (Å²) in [5.41, 5.74) is 2.45. The van der Waals surface area contributed by atoms with Crippen LogP contribution in [0.2, 0.25) is 0 Å². The molecule has 1 fully saturated rings. The fourth-order valence-electron chi connectivity index (χ4n) is 3.65. The molecule has 1 aromatic carbocycles. The minimum absolute atomic E-state index is 0.177. The third-order valence-electron chi connectivity index (χ3n) is 4.91. The van der Waals surface area contributed by atoms with Crippen molar-refractivity contribution in [2.24, 2.45) is 0 Å². The fraction of sp³-hybridized carbons (Fsp3) is 0.316. The highest BCUT2D eigenvalue weighted by atomic mass is 16.7. The van der Waals surface area contributed by atoms with Crippen LogP contribution in [0.5, 0.6) is 0 Å². The van der Waals surface area contributed by atoms with E-state index in [9.17, 15) is 14.4 Å². The van der Waals surface area contributed by atoms with Gasteiger partial charge in [-0.1, -0.05) is 17.2 Å². The molecular formula is C19H18N2O5. The summed E-state index contributed by atoms with van der Waals surface area (Å²) in [6.45, 7) is 5.02. The SMILES string of the molecule is Cc1cc(C(=O)ON2C(=O)c3ccccc3C2=O)c(C)n1C1CCOC1. The van der Waals surface area contributed by atoms with Crippen molar-refractivity contribution in [2.45, 2.75) is 26.3 Å². The number of carbonyl (C=O) groups is 3. The average molecular weight is 354 g/mol. The van der Waals surface area contributed by atoms with E-state index < -0.39 is 17.8 Å². The molecule has 1 unspecified atom stereocenters. The summed E-state index contributed by atoms with van der Waals surface area (Å²) in [6, 6.07) is 8.29. The lowest BCUT2D eigenvalue weighted by atomic mass is 10.1. The van der Waals surface area contributed by atoms with E-state index >= 15 is 0 Å². The minimum Gasteiger partial charge on any atom is -0.379 e. The third-order valence-corrected chi connectivity index (χ3v) is 4.91. The molecule has 0 bridgehead atoms. The van der Waals surface area contributed by atoms with Crippen molar-refractivity contribution in [3.05, 3.63) is 58.4 Å². The Morgan fingerprint density at radius 2 is 1.81 bits per heavy atom. The lowest BCUT2D eigenvalue weighted by Crippen LogP contribution is -2.32. The van der Waals surface area contributed by atoms with Crippen molar-refractivity contribution in [2.75, 3.05) is 13.2 Å². The highest BCUT2D eigenvalue weighted by Crippen LogP contribution is 2.28. The van der Waals surface area contributed by atoms with Gasteiger partial charge in [-0.25, -0.2) is 4.79 Å². The minimum atomic E-state index is -0.724. The Morgan fingerprint density at radius 3 is 2.38 bits per heavy atom. The topological polar surface area (TPSA) is 77.8 Å². The number of hydrogen-bond acceptors (Lipinski definition) is 5. The zero-order chi connectivity index (χ0) is 18.4. The van der Waals surface area contributed by atoms with Crippen molar-refractivity contribution in [3.8, 4) is 0 Å². The van der Waals surface area contributed by atoms with Crippen molar-refractivity contribution >= 4 is 17.8 Å². The van der Waals surface area contributed by atoms with Gasteiger partial charge in [-0.3, -0.25) is 9.59 Å². The molecule has 1 saturated heterocycles. The van der Waals surface area contributed by atoms with Crippen molar-refractivity contribution in [3.63, 3.8) is 0 Å². The second-order valence-electron chi connectivity index (χ2n) is 6.50. The second-order valence-corrected chi connectivity index (χ2v) is 6.50. The Bertz CT molecular complexity index is 889. The highest BCUT2D eigenvalue weighted by Gasteiger charge is 2.39. The Hall–Kier alpha value is -2.93. The molecule has 2 aliphatic rings. The summed E-state index contributed by atoms with van der Waals surface area (Å²) >= 11 is 0. The highest BCUT2D eigenvalue weighted by molar-refractivity contribution is 6.21. The van der Waals surface area contributed by atoms with Crippen LogP contribution in [-0.4, -0.2) is 40.6 Å². The summed E-state index contributed by atoms with van der Waals surface area (Å²) in [7, 11) is 0. The number of hydroxylamine groups is 2. The summed E-state index contributed by atoms with van der Waals surface area (Å²) < 4.78 is 7.48. The number of carbonyl (C=O) groups excluding carboxylic acids is 3. The van der Waals surface area contributed by atoms with Crippen LogP contribution in [0.25, 0.3) is 0 Å². The lowest BCUT2D eigenvalue weighted by molar-refractivity contribution is -0.0585. The Labute approximate surface area is 150 Å². The van der Waals surface area contributed by atoms with E-state index in [2.05, 4.69) is 0 Å². The van der Waals surface area contributed by atoms with Gasteiger partial charge >= 0.3 is 5.97 Å². The quantitative estimate of drug-likeness (QED) is 0.791. The number of aryl methyl sites for hydroxylation is 1. The van der Waals surface area contributed by atoms with Gasteiger partial charge < -0.3 is 14.1 Å². The Kier molecular flexibility index (Phi) is 3.88. The molecule has 26 heavy (non-hydrogen) atoms. The maximum absolute atomic E-state index is 12.6. The van der Waals surface area contributed by atoms with Gasteiger partial charge in [0.2, 0.25) is 0 Å². The van der Waals surface area contributed by atoms with Crippen LogP contribution in [0.15, 0.2) is 30.3 Å². The molecule has 2 aliphatic heterocycles. The molecule has 4 rings (SSSR count). The molecule has 0 saturated carbocycles. The first kappa shape index (κ1) is 16.5. The van der Waals surface area contributed by atoms with Gasteiger partial charge in [0.15, 0.2) is 0 Å². The smallest absolute Gasteiger partial charge is 0.365 e. The van der Waals surface area contributed by atoms with Gasteiger partial charge in [-0.15, -0.1) is 0 Å². The number of amides is 2. The monoisotopic (exact) mass is 354 g/mol. The van der Waals surface area contributed by atoms with Crippen molar-refractivity contribution < 1.29 is 24.0 Å². The number of aromatic nitrogens is 1. The average Bonchev–Trinajstić information content (AvgIpc) is 3.31. The molecule has 2 aromatic rings. The molecule has 0 aliphatic carbocycles. The van der Waals surface area contributed by atoms with Crippen LogP contribution in [0.3, 0.4) is 0 Å². The molecular weight excluding hydrogens is 336 g/mol. The summed E-state index contributed by atoms with van der Waals surface area (Å²) in [6.07, 6.45) is 0.878. The second kappa shape index (κ2) is 6.10. The Morgan fingerprint density at radius 1 is 1.15 bits per heavy atom. The van der Waals surface area contributed by atoms with E-state index in [1.165, 1.54) is 12.1 Å². The van der Waals surface area contributed by atoms with Crippen LogP contribution >= 0.6 is 0 Å². The first-order valence-electron chi connectivity index (χ1n) is 8.45. The normalized spacial score (nSPS) is 19.2. The van der Waals surface area contributed by atoms with E-state index in [-0.39, 0.29) is 17.2 Å². The number of hydrogen-bond donors (Lipinski definition) is 0. The van der Waals surface area contributed by atoms with Crippen molar-refractivity contribution in [1.82, 2.24) is 9.63 Å². The lowest BCUT2D eigenvalue weighted by Gasteiger charge is -2.16. The summed E-state index contributed by atoms with van der Waals surface area (Å²) in [4.78, 5) is 42.5. The molecule has 0 radical (unpaired) electrons. The molecule has 2 amide bonds. The van der Waals surface area contributed by atoms with E-state index in [1.807, 2.05) is 18.4 Å². The number of imide groups is 1.